The van der Waals surface area contributed by atoms with Gasteiger partial charge in [0.2, 0.25) is 0 Å². The average Bonchev–Trinajstić information content (AvgIpc) is 2.87. The van der Waals surface area contributed by atoms with E-state index in [9.17, 15) is 4.79 Å². The van der Waals surface area contributed by atoms with Crippen LogP contribution in [0, 0.1) is 29.1 Å². The Labute approximate surface area is 217 Å². The number of para-hydroxylation sites is 3. The third kappa shape index (κ3) is 5.14. The molecule has 0 amide bonds. The maximum atomic E-state index is 13.3. The summed E-state index contributed by atoms with van der Waals surface area (Å²) in [6, 6.07) is 13.2. The molecule has 196 valence electrons. The van der Waals surface area contributed by atoms with Crippen molar-refractivity contribution in [2.75, 3.05) is 14.2 Å². The van der Waals surface area contributed by atoms with Crippen LogP contribution in [0.1, 0.15) is 94.5 Å². The van der Waals surface area contributed by atoms with E-state index < -0.39 is 5.97 Å². The molecule has 0 saturated heterocycles. The van der Waals surface area contributed by atoms with Gasteiger partial charge in [-0.15, -0.1) is 0 Å². The van der Waals surface area contributed by atoms with Crippen LogP contribution < -0.4 is 14.2 Å². The summed E-state index contributed by atoms with van der Waals surface area (Å²) in [5.41, 5.74) is 1.97. The monoisotopic (exact) mass is 492 g/mol. The van der Waals surface area contributed by atoms with Gasteiger partial charge in [0.1, 0.15) is 11.3 Å². The summed E-state index contributed by atoms with van der Waals surface area (Å²) in [6.45, 7) is 9.73. The van der Waals surface area contributed by atoms with E-state index in [1.807, 2.05) is 24.3 Å². The number of rotatable bonds is 8. The van der Waals surface area contributed by atoms with Crippen LogP contribution in [-0.2, 0) is 0 Å². The molecule has 2 aromatic rings. The highest BCUT2D eigenvalue weighted by atomic mass is 16.6. The molecule has 2 aromatic carbocycles. The number of esters is 1. The topological polar surface area (TPSA) is 44.8 Å². The van der Waals surface area contributed by atoms with Gasteiger partial charge >= 0.3 is 5.97 Å². The summed E-state index contributed by atoms with van der Waals surface area (Å²) in [4.78, 5) is 13.3. The Bertz CT molecular complexity index is 1040. The van der Waals surface area contributed by atoms with Crippen molar-refractivity contribution in [3.63, 3.8) is 0 Å². The Morgan fingerprint density at radius 2 is 1.75 bits per heavy atom. The van der Waals surface area contributed by atoms with Crippen molar-refractivity contribution in [2.45, 2.75) is 78.6 Å². The third-order valence-electron chi connectivity index (χ3n) is 9.23. The van der Waals surface area contributed by atoms with Gasteiger partial charge in [0.15, 0.2) is 11.5 Å². The lowest BCUT2D eigenvalue weighted by Gasteiger charge is -2.56. The Balaban J connectivity index is 1.65. The fourth-order valence-electron chi connectivity index (χ4n) is 7.43. The zero-order valence-electron chi connectivity index (χ0n) is 23.0. The van der Waals surface area contributed by atoms with Gasteiger partial charge in [-0.3, -0.25) is 0 Å². The minimum atomic E-state index is -0.413. The number of methoxy groups -OCH3 is 2. The van der Waals surface area contributed by atoms with E-state index in [2.05, 4.69) is 33.8 Å². The molecule has 2 aliphatic carbocycles. The van der Waals surface area contributed by atoms with Gasteiger partial charge in [-0.1, -0.05) is 71.2 Å². The van der Waals surface area contributed by atoms with E-state index in [0.29, 0.717) is 40.1 Å². The first kappa shape index (κ1) is 26.6. The fourth-order valence-corrected chi connectivity index (χ4v) is 7.43. The van der Waals surface area contributed by atoms with Gasteiger partial charge in [0.25, 0.3) is 0 Å². The Hall–Kier alpha value is -2.49. The summed E-state index contributed by atoms with van der Waals surface area (Å²) in [6.07, 6.45) is 8.83. The molecule has 0 aliphatic heterocycles. The van der Waals surface area contributed by atoms with Crippen LogP contribution in [0.25, 0.3) is 0 Å². The second kappa shape index (κ2) is 11.3. The van der Waals surface area contributed by atoms with Crippen LogP contribution in [0.4, 0.5) is 0 Å². The van der Waals surface area contributed by atoms with Crippen LogP contribution in [0.5, 0.6) is 17.2 Å². The highest BCUT2D eigenvalue weighted by Gasteiger charge is 2.51. The molecule has 0 aromatic heterocycles. The maximum Gasteiger partial charge on any atom is 0.347 e. The van der Waals surface area contributed by atoms with Crippen LogP contribution in [-0.4, -0.2) is 20.2 Å². The summed E-state index contributed by atoms with van der Waals surface area (Å²) in [5, 5.41) is 0. The molecule has 0 unspecified atom stereocenters. The lowest BCUT2D eigenvalue weighted by molar-refractivity contribution is -0.0476. The molecule has 0 bridgehead atoms. The van der Waals surface area contributed by atoms with Crippen LogP contribution in [0.2, 0.25) is 0 Å². The smallest absolute Gasteiger partial charge is 0.347 e. The molecular formula is C32H44O4. The molecule has 4 nitrogen and oxygen atoms in total. The largest absolute Gasteiger partial charge is 0.496 e. The fraction of sp³-hybridized carbons (Fsp3) is 0.594. The molecule has 2 fully saturated rings. The Morgan fingerprint density at radius 3 is 2.44 bits per heavy atom. The second-order valence-electron chi connectivity index (χ2n) is 11.7. The molecule has 2 aliphatic rings. The number of benzene rings is 2. The van der Waals surface area contributed by atoms with Gasteiger partial charge < -0.3 is 14.2 Å². The normalized spacial score (nSPS) is 27.9. The van der Waals surface area contributed by atoms with Crippen molar-refractivity contribution in [1.82, 2.24) is 0 Å². The number of carbonyl (C=O) groups is 1. The van der Waals surface area contributed by atoms with Crippen molar-refractivity contribution in [3.8, 4) is 17.2 Å². The highest BCUT2D eigenvalue weighted by molar-refractivity contribution is 5.94. The van der Waals surface area contributed by atoms with Crippen LogP contribution in [0.15, 0.2) is 42.5 Å². The molecule has 0 heterocycles. The van der Waals surface area contributed by atoms with Gasteiger partial charge in [-0.05, 0) is 84.5 Å². The molecule has 0 N–H and O–H groups in total. The molecule has 4 rings (SSSR count). The standard InChI is InChI=1S/C32H44O4/c1-21(2)16-18-26-22(3)17-19-27-23(13-10-20-32(26,27)4)24-11-9-12-25(30(24)35-6)31(33)36-29-15-8-7-14-28(29)34-5/h7-9,11-12,14-15,21-23,26-27H,10,13,16-20H2,1-6H3/t22-,23+,26-,27-,32+/m0/s1. The van der Waals surface area contributed by atoms with Crippen molar-refractivity contribution in [3.05, 3.63) is 53.6 Å². The van der Waals surface area contributed by atoms with Crippen molar-refractivity contribution in [1.29, 1.82) is 0 Å². The number of hydrogen-bond donors (Lipinski definition) is 0. The molecule has 2 saturated carbocycles. The van der Waals surface area contributed by atoms with Crippen molar-refractivity contribution in [2.24, 2.45) is 29.1 Å². The van der Waals surface area contributed by atoms with E-state index in [1.165, 1.54) is 44.1 Å². The predicted octanol–water partition coefficient (Wildman–Crippen LogP) is 8.30. The zero-order chi connectivity index (χ0) is 25.9. The van der Waals surface area contributed by atoms with Crippen molar-refractivity contribution >= 4 is 5.97 Å². The maximum absolute atomic E-state index is 13.3. The summed E-state index contributed by atoms with van der Waals surface area (Å²) < 4.78 is 17.1. The minimum absolute atomic E-state index is 0.328. The molecule has 0 spiro atoms. The van der Waals surface area contributed by atoms with E-state index in [1.54, 1.807) is 26.4 Å². The van der Waals surface area contributed by atoms with E-state index in [-0.39, 0.29) is 0 Å². The number of hydrogen-bond acceptors (Lipinski definition) is 4. The number of fused-ring (bicyclic) bond motifs is 1. The van der Waals surface area contributed by atoms with Gasteiger partial charge in [0.05, 0.1) is 14.2 Å². The van der Waals surface area contributed by atoms with E-state index in [4.69, 9.17) is 14.2 Å². The van der Waals surface area contributed by atoms with E-state index in [0.717, 1.165) is 24.2 Å². The molecule has 0 radical (unpaired) electrons. The second-order valence-corrected chi connectivity index (χ2v) is 11.7. The Morgan fingerprint density at radius 1 is 1.00 bits per heavy atom. The van der Waals surface area contributed by atoms with Gasteiger partial charge in [-0.2, -0.15) is 0 Å². The van der Waals surface area contributed by atoms with Gasteiger partial charge in [-0.25, -0.2) is 4.79 Å². The zero-order valence-corrected chi connectivity index (χ0v) is 23.0. The quantitative estimate of drug-likeness (QED) is 0.275. The van der Waals surface area contributed by atoms with Crippen LogP contribution in [0.3, 0.4) is 0 Å². The Kier molecular flexibility index (Phi) is 8.32. The highest BCUT2D eigenvalue weighted by Crippen LogP contribution is 2.61. The van der Waals surface area contributed by atoms with E-state index >= 15 is 0 Å². The lowest BCUT2D eigenvalue weighted by Crippen LogP contribution is -2.47. The number of carbonyl (C=O) groups excluding carboxylic acids is 1. The predicted molar refractivity (Wildman–Crippen MR) is 145 cm³/mol. The minimum Gasteiger partial charge on any atom is -0.496 e. The number of ether oxygens (including phenoxy) is 3. The molecule has 36 heavy (non-hydrogen) atoms. The third-order valence-corrected chi connectivity index (χ3v) is 9.23. The summed E-state index contributed by atoms with van der Waals surface area (Å²) >= 11 is 0. The first-order chi connectivity index (χ1) is 17.3. The first-order valence-electron chi connectivity index (χ1n) is 13.8. The summed E-state index contributed by atoms with van der Waals surface area (Å²) in [5.74, 6) is 4.48. The van der Waals surface area contributed by atoms with Gasteiger partial charge in [0, 0.05) is 0 Å². The van der Waals surface area contributed by atoms with Crippen molar-refractivity contribution < 1.29 is 19.0 Å². The van der Waals surface area contributed by atoms with Crippen LogP contribution >= 0.6 is 0 Å². The molecule has 4 heteroatoms. The molecule has 5 atom stereocenters. The SMILES string of the molecule is COc1ccccc1OC(=O)c1cccc([C@H]2CCC[C@@]3(C)[C@H]2CC[C@H](C)[C@@H]3CCC(C)C)c1OC. The average molecular weight is 493 g/mol. The molecular weight excluding hydrogens is 448 g/mol. The summed E-state index contributed by atoms with van der Waals surface area (Å²) in [7, 11) is 3.25. The first-order valence-corrected chi connectivity index (χ1v) is 13.8. The lowest BCUT2D eigenvalue weighted by atomic mass is 9.48.